The Kier molecular flexibility index (Phi) is 8.53. The number of rotatable bonds is 6. The monoisotopic (exact) mass is 825 g/mol. The molecule has 3 aromatic heterocycles. The topological polar surface area (TPSA) is 30.7 Å². The zero-order valence-electron chi connectivity index (χ0n) is 35.4. The Labute approximate surface area is 376 Å². The number of para-hydroxylation sites is 1. The van der Waals surface area contributed by atoms with E-state index in [0.717, 1.165) is 55.9 Å². The molecule has 0 spiro atoms. The molecule has 3 heterocycles. The van der Waals surface area contributed by atoms with Gasteiger partial charge in [-0.15, -0.1) is 0 Å². The summed E-state index contributed by atoms with van der Waals surface area (Å²) in [5.41, 5.74) is 14.4. The molecule has 13 rings (SSSR count). The first-order valence-corrected chi connectivity index (χ1v) is 22.2. The van der Waals surface area contributed by atoms with Gasteiger partial charge in [-0.3, -0.25) is 4.57 Å². The molecule has 13 aromatic rings. The van der Waals surface area contributed by atoms with Crippen molar-refractivity contribution in [3.8, 4) is 61.6 Å². The molecule has 302 valence electrons. The van der Waals surface area contributed by atoms with E-state index in [1.165, 1.54) is 70.7 Å². The van der Waals surface area contributed by atoms with Gasteiger partial charge >= 0.3 is 0 Å². The summed E-state index contributed by atoms with van der Waals surface area (Å²) in [5, 5.41) is 12.2. The fraction of sp³-hybridized carbons (Fsp3) is 0. The number of hydrogen-bond donors (Lipinski definition) is 0. The molecule has 0 amide bonds. The fourth-order valence-electron chi connectivity index (χ4n) is 10.1. The Morgan fingerprint density at radius 3 is 1.52 bits per heavy atom. The number of hydrogen-bond acceptors (Lipinski definition) is 2. The molecular weight excluding hydrogens is 787 g/mol. The van der Waals surface area contributed by atoms with Gasteiger partial charge < -0.3 is 0 Å². The van der Waals surface area contributed by atoms with Gasteiger partial charge in [-0.05, 0) is 143 Å². The molecule has 0 N–H and O–H groups in total. The van der Waals surface area contributed by atoms with E-state index in [2.05, 4.69) is 229 Å². The first kappa shape index (κ1) is 36.9. The molecule has 0 saturated heterocycles. The van der Waals surface area contributed by atoms with Gasteiger partial charge in [0.15, 0.2) is 0 Å². The first-order chi connectivity index (χ1) is 32.2. The summed E-state index contributed by atoms with van der Waals surface area (Å²) >= 11 is 0. The van der Waals surface area contributed by atoms with Gasteiger partial charge in [0.1, 0.15) is 5.65 Å². The molecule has 3 heteroatoms. The maximum atomic E-state index is 5.34. The summed E-state index contributed by atoms with van der Waals surface area (Å²) in [6.07, 6.45) is 1.87. The van der Waals surface area contributed by atoms with E-state index in [4.69, 9.17) is 9.97 Å². The quantitative estimate of drug-likeness (QED) is 0.156. The van der Waals surface area contributed by atoms with Crippen molar-refractivity contribution in [2.75, 3.05) is 0 Å². The third kappa shape index (κ3) is 6.20. The molecule has 0 radical (unpaired) electrons. The second-order valence-corrected chi connectivity index (χ2v) is 16.9. The SMILES string of the molecule is c1ccc(-n2c3ccc(-c4ccc(-c5cccc(-c6ccc7c(-c8ccc9ccccc9c8)c8ccccc8c(-c8ccc9ccccc9c8)c7c6)n5)cc4)cc3c3cccnc32)cc1. The third-order valence-electron chi connectivity index (χ3n) is 13.2. The zero-order valence-corrected chi connectivity index (χ0v) is 35.4. The summed E-state index contributed by atoms with van der Waals surface area (Å²) in [5.74, 6) is 0. The summed E-state index contributed by atoms with van der Waals surface area (Å²) in [7, 11) is 0. The van der Waals surface area contributed by atoms with E-state index >= 15 is 0 Å². The highest BCUT2D eigenvalue weighted by Gasteiger charge is 2.19. The summed E-state index contributed by atoms with van der Waals surface area (Å²) in [4.78, 5) is 10.1. The minimum absolute atomic E-state index is 0.937. The van der Waals surface area contributed by atoms with Gasteiger partial charge in [0.05, 0.1) is 16.9 Å². The third-order valence-corrected chi connectivity index (χ3v) is 13.2. The molecule has 0 aliphatic heterocycles. The number of fused-ring (bicyclic) bond motifs is 7. The highest BCUT2D eigenvalue weighted by molar-refractivity contribution is 6.22. The Morgan fingerprint density at radius 1 is 0.292 bits per heavy atom. The van der Waals surface area contributed by atoms with Crippen LogP contribution in [0.3, 0.4) is 0 Å². The normalized spacial score (nSPS) is 11.7. The van der Waals surface area contributed by atoms with Crippen LogP contribution in [-0.4, -0.2) is 14.5 Å². The van der Waals surface area contributed by atoms with Crippen molar-refractivity contribution in [1.82, 2.24) is 14.5 Å². The molecule has 0 bridgehead atoms. The van der Waals surface area contributed by atoms with E-state index in [1.54, 1.807) is 0 Å². The van der Waals surface area contributed by atoms with Crippen LogP contribution < -0.4 is 0 Å². The average Bonchev–Trinajstić information content (AvgIpc) is 3.71. The van der Waals surface area contributed by atoms with E-state index in [-0.39, 0.29) is 0 Å². The lowest BCUT2D eigenvalue weighted by atomic mass is 9.84. The Balaban J connectivity index is 0.923. The number of aromatic nitrogens is 3. The van der Waals surface area contributed by atoms with E-state index in [9.17, 15) is 0 Å². The molecule has 0 aliphatic rings. The maximum Gasteiger partial charge on any atom is 0.145 e. The summed E-state index contributed by atoms with van der Waals surface area (Å²) in [6.45, 7) is 0. The van der Waals surface area contributed by atoms with Gasteiger partial charge in [-0.1, -0.05) is 164 Å². The molecule has 10 aromatic carbocycles. The van der Waals surface area contributed by atoms with Gasteiger partial charge in [0.25, 0.3) is 0 Å². The van der Waals surface area contributed by atoms with Gasteiger partial charge in [-0.2, -0.15) is 0 Å². The molecule has 0 aliphatic carbocycles. The van der Waals surface area contributed by atoms with Crippen LogP contribution in [0.4, 0.5) is 0 Å². The zero-order chi connectivity index (χ0) is 42.8. The largest absolute Gasteiger partial charge is 0.294 e. The lowest BCUT2D eigenvalue weighted by Gasteiger charge is -2.19. The van der Waals surface area contributed by atoms with Gasteiger partial charge in [0.2, 0.25) is 0 Å². The van der Waals surface area contributed by atoms with Crippen LogP contribution in [0.2, 0.25) is 0 Å². The fourth-order valence-corrected chi connectivity index (χ4v) is 10.1. The van der Waals surface area contributed by atoms with Crippen LogP contribution >= 0.6 is 0 Å². The molecule has 0 saturated carbocycles. The molecular formula is C62H39N3. The van der Waals surface area contributed by atoms with Crippen molar-refractivity contribution < 1.29 is 0 Å². The van der Waals surface area contributed by atoms with Crippen LogP contribution in [0.15, 0.2) is 237 Å². The number of nitrogens with zero attached hydrogens (tertiary/aromatic N) is 3. The molecule has 0 unspecified atom stereocenters. The van der Waals surface area contributed by atoms with Crippen molar-refractivity contribution in [2.24, 2.45) is 0 Å². The minimum Gasteiger partial charge on any atom is -0.294 e. The van der Waals surface area contributed by atoms with Crippen LogP contribution in [-0.2, 0) is 0 Å². The van der Waals surface area contributed by atoms with Crippen molar-refractivity contribution in [3.63, 3.8) is 0 Å². The number of pyridine rings is 2. The van der Waals surface area contributed by atoms with Crippen LogP contribution in [0, 0.1) is 0 Å². The Bertz CT molecular complexity index is 3990. The average molecular weight is 826 g/mol. The second kappa shape index (κ2) is 15.0. The smallest absolute Gasteiger partial charge is 0.145 e. The van der Waals surface area contributed by atoms with Crippen molar-refractivity contribution in [1.29, 1.82) is 0 Å². The van der Waals surface area contributed by atoms with Crippen LogP contribution in [0.1, 0.15) is 0 Å². The highest BCUT2D eigenvalue weighted by atomic mass is 15.0. The first-order valence-electron chi connectivity index (χ1n) is 22.2. The molecule has 0 atom stereocenters. The van der Waals surface area contributed by atoms with E-state index in [0.29, 0.717) is 0 Å². The Hall–Kier alpha value is -8.66. The van der Waals surface area contributed by atoms with Gasteiger partial charge in [0, 0.05) is 33.8 Å². The molecule has 3 nitrogen and oxygen atoms in total. The predicted octanol–water partition coefficient (Wildman–Crippen LogP) is 16.5. The maximum absolute atomic E-state index is 5.34. The molecule has 0 fully saturated rings. The standard InChI is InChI=1S/C62H39N3/c1-2-16-50(17-3-1)65-59-34-32-46(38-55(59)54-20-11-35-63-62(54)65)42-23-27-43(28-24-42)57-21-10-22-58(64-57)47-31-33-53-56(39-47)61(49-30-26-41-13-5-7-15-45(41)37-49)52-19-9-8-18-51(52)60(53)48-29-25-40-12-4-6-14-44(40)36-48/h1-39H. The second-order valence-electron chi connectivity index (χ2n) is 16.9. The Morgan fingerprint density at radius 2 is 0.815 bits per heavy atom. The summed E-state index contributed by atoms with van der Waals surface area (Å²) in [6, 6.07) is 83.5. The molecule has 65 heavy (non-hydrogen) atoms. The lowest BCUT2D eigenvalue weighted by molar-refractivity contribution is 1.14. The van der Waals surface area contributed by atoms with E-state index < -0.39 is 0 Å². The van der Waals surface area contributed by atoms with Crippen molar-refractivity contribution in [3.05, 3.63) is 237 Å². The van der Waals surface area contributed by atoms with Crippen molar-refractivity contribution in [2.45, 2.75) is 0 Å². The predicted molar refractivity (Wildman–Crippen MR) is 274 cm³/mol. The minimum atomic E-state index is 0.937. The number of benzene rings is 10. The van der Waals surface area contributed by atoms with Crippen LogP contribution in [0.5, 0.6) is 0 Å². The van der Waals surface area contributed by atoms with Crippen molar-refractivity contribution >= 4 is 65.0 Å². The lowest BCUT2D eigenvalue weighted by Crippen LogP contribution is -1.94. The highest BCUT2D eigenvalue weighted by Crippen LogP contribution is 2.46. The summed E-state index contributed by atoms with van der Waals surface area (Å²) < 4.78 is 2.25. The van der Waals surface area contributed by atoms with E-state index in [1.807, 2.05) is 12.3 Å². The van der Waals surface area contributed by atoms with Crippen LogP contribution in [0.25, 0.3) is 127 Å². The van der Waals surface area contributed by atoms with Gasteiger partial charge in [-0.25, -0.2) is 9.97 Å².